The number of allylic oxidation sites excluding steroid dienone is 2. The molecule has 2 atom stereocenters. The molecule has 6 nitrogen and oxygen atoms in total. The molecular weight excluding hydrogens is 420 g/mol. The lowest BCUT2D eigenvalue weighted by molar-refractivity contribution is -0.0674. The van der Waals surface area contributed by atoms with E-state index in [0.717, 1.165) is 40.8 Å². The van der Waals surface area contributed by atoms with Gasteiger partial charge >= 0.3 is 0 Å². The number of carbonyl (C=O) groups excluding carboxylic acids is 1. The molecule has 3 heterocycles. The predicted molar refractivity (Wildman–Crippen MR) is 116 cm³/mol. The normalized spacial score (nSPS) is 23.1. The van der Waals surface area contributed by atoms with Gasteiger partial charge in [0, 0.05) is 24.2 Å². The Kier molecular flexibility index (Phi) is 5.10. The van der Waals surface area contributed by atoms with Crippen LogP contribution >= 0.6 is 11.3 Å². The fraction of sp³-hybridized carbons (Fsp3) is 0.409. The molecule has 5 rings (SSSR count). The Balaban J connectivity index is 1.53. The number of rotatable bonds is 4. The highest BCUT2D eigenvalue weighted by Crippen LogP contribution is 2.40. The van der Waals surface area contributed by atoms with Crippen molar-refractivity contribution in [1.82, 2.24) is 19.9 Å². The molecule has 0 bridgehead atoms. The number of thiazole rings is 1. The molecule has 31 heavy (non-hydrogen) atoms. The summed E-state index contributed by atoms with van der Waals surface area (Å²) in [5, 5.41) is 7.04. The zero-order valence-corrected chi connectivity index (χ0v) is 17.7. The molecule has 2 aliphatic rings. The molecule has 3 aromatic rings. The number of hydrogen-bond donors (Lipinski definition) is 2. The molecule has 9 heteroatoms. The zero-order chi connectivity index (χ0) is 21.6. The van der Waals surface area contributed by atoms with Gasteiger partial charge in [-0.3, -0.25) is 4.79 Å². The summed E-state index contributed by atoms with van der Waals surface area (Å²) in [6.45, 7) is 0. The summed E-state index contributed by atoms with van der Waals surface area (Å²) in [7, 11) is 0. The second-order valence-corrected chi connectivity index (χ2v) is 9.17. The number of carbonyl (C=O) groups is 1. The van der Waals surface area contributed by atoms with Gasteiger partial charge in [-0.25, -0.2) is 18.3 Å². The molecule has 1 amide bonds. The van der Waals surface area contributed by atoms with E-state index in [9.17, 15) is 13.6 Å². The van der Waals surface area contributed by atoms with E-state index in [0.29, 0.717) is 18.5 Å². The van der Waals surface area contributed by atoms with Crippen LogP contribution < -0.4 is 11.1 Å². The van der Waals surface area contributed by atoms with E-state index in [2.05, 4.69) is 21.5 Å². The molecule has 3 N–H and O–H groups in total. The van der Waals surface area contributed by atoms with Crippen molar-refractivity contribution in [3.05, 3.63) is 46.6 Å². The maximum absolute atomic E-state index is 14.4. The van der Waals surface area contributed by atoms with Crippen molar-refractivity contribution < 1.29 is 13.6 Å². The minimum absolute atomic E-state index is 0.168. The van der Waals surface area contributed by atoms with Crippen LogP contribution in [0.1, 0.15) is 53.2 Å². The van der Waals surface area contributed by atoms with Gasteiger partial charge in [0.15, 0.2) is 5.01 Å². The van der Waals surface area contributed by atoms with Gasteiger partial charge in [0.05, 0.1) is 22.3 Å². The van der Waals surface area contributed by atoms with E-state index in [1.807, 2.05) is 24.4 Å². The van der Waals surface area contributed by atoms with Crippen LogP contribution in [-0.4, -0.2) is 38.5 Å². The average Bonchev–Trinajstić information content (AvgIpc) is 3.49. The Hall–Kier alpha value is -2.65. The SMILES string of the molecule is NC1CCCC(F)(F)C1NC(=O)c1nc(-c2cnn3ccccc23)c(C2=CCCC2)s1. The maximum atomic E-state index is 14.4. The number of halogens is 2. The molecular formula is C22H23F2N5OS. The Bertz CT molecular complexity index is 1170. The number of aromatic nitrogens is 3. The van der Waals surface area contributed by atoms with Gasteiger partial charge in [-0.2, -0.15) is 5.10 Å². The monoisotopic (exact) mass is 443 g/mol. The summed E-state index contributed by atoms with van der Waals surface area (Å²) in [5.74, 6) is -3.62. The Morgan fingerprint density at radius 1 is 1.32 bits per heavy atom. The average molecular weight is 444 g/mol. The molecule has 0 saturated heterocycles. The van der Waals surface area contributed by atoms with Crippen LogP contribution in [0.5, 0.6) is 0 Å². The molecule has 2 unspecified atom stereocenters. The van der Waals surface area contributed by atoms with Crippen molar-refractivity contribution in [3.63, 3.8) is 0 Å². The van der Waals surface area contributed by atoms with E-state index < -0.39 is 23.9 Å². The first-order valence-electron chi connectivity index (χ1n) is 10.5. The van der Waals surface area contributed by atoms with Crippen LogP contribution in [-0.2, 0) is 0 Å². The van der Waals surface area contributed by atoms with Crippen LogP contribution in [0, 0.1) is 0 Å². The van der Waals surface area contributed by atoms with Crippen LogP contribution in [0.15, 0.2) is 36.7 Å². The summed E-state index contributed by atoms with van der Waals surface area (Å²) < 4.78 is 30.5. The quantitative estimate of drug-likeness (QED) is 0.631. The van der Waals surface area contributed by atoms with E-state index in [-0.39, 0.29) is 11.4 Å². The number of nitrogens with one attached hydrogen (secondary N) is 1. The van der Waals surface area contributed by atoms with Crippen molar-refractivity contribution in [2.24, 2.45) is 5.73 Å². The summed E-state index contributed by atoms with van der Waals surface area (Å²) in [6.07, 6.45) is 9.22. The lowest BCUT2D eigenvalue weighted by atomic mass is 9.87. The molecule has 0 radical (unpaired) electrons. The lowest BCUT2D eigenvalue weighted by Crippen LogP contribution is -2.59. The molecule has 0 aromatic carbocycles. The van der Waals surface area contributed by atoms with Crippen molar-refractivity contribution >= 4 is 28.3 Å². The number of nitrogens with zero attached hydrogens (tertiary/aromatic N) is 3. The number of pyridine rings is 1. The van der Waals surface area contributed by atoms with E-state index in [1.54, 1.807) is 10.7 Å². The van der Waals surface area contributed by atoms with Crippen LogP contribution in [0.25, 0.3) is 22.3 Å². The highest BCUT2D eigenvalue weighted by molar-refractivity contribution is 7.15. The molecule has 3 aromatic heterocycles. The van der Waals surface area contributed by atoms with Crippen LogP contribution in [0.2, 0.25) is 0 Å². The van der Waals surface area contributed by atoms with E-state index in [4.69, 9.17) is 5.73 Å². The highest BCUT2D eigenvalue weighted by Gasteiger charge is 2.46. The van der Waals surface area contributed by atoms with Gasteiger partial charge in [0.25, 0.3) is 11.8 Å². The van der Waals surface area contributed by atoms with Gasteiger partial charge in [-0.05, 0) is 49.8 Å². The van der Waals surface area contributed by atoms with Crippen LogP contribution in [0.3, 0.4) is 0 Å². The Labute approximate surface area is 182 Å². The topological polar surface area (TPSA) is 85.3 Å². The first-order chi connectivity index (χ1) is 14.9. The van der Waals surface area contributed by atoms with Crippen molar-refractivity contribution in [2.75, 3.05) is 0 Å². The summed E-state index contributed by atoms with van der Waals surface area (Å²) >= 11 is 1.25. The van der Waals surface area contributed by atoms with Gasteiger partial charge in [-0.15, -0.1) is 11.3 Å². The largest absolute Gasteiger partial charge is 0.340 e. The number of amides is 1. The molecule has 162 valence electrons. The second-order valence-electron chi connectivity index (χ2n) is 8.18. The van der Waals surface area contributed by atoms with Crippen molar-refractivity contribution in [1.29, 1.82) is 0 Å². The van der Waals surface area contributed by atoms with E-state index in [1.165, 1.54) is 11.3 Å². The third-order valence-electron chi connectivity index (χ3n) is 6.05. The number of fused-ring (bicyclic) bond motifs is 1. The van der Waals surface area contributed by atoms with Gasteiger partial charge in [0.2, 0.25) is 0 Å². The first-order valence-corrected chi connectivity index (χ1v) is 11.3. The number of alkyl halides is 2. The maximum Gasteiger partial charge on any atom is 0.280 e. The van der Waals surface area contributed by atoms with E-state index >= 15 is 0 Å². The Morgan fingerprint density at radius 2 is 2.19 bits per heavy atom. The second kappa shape index (κ2) is 7.80. The number of hydrogen-bond acceptors (Lipinski definition) is 5. The van der Waals surface area contributed by atoms with Gasteiger partial charge in [0.1, 0.15) is 6.04 Å². The van der Waals surface area contributed by atoms with Gasteiger partial charge < -0.3 is 11.1 Å². The molecule has 0 spiro atoms. The third-order valence-corrected chi connectivity index (χ3v) is 7.18. The Morgan fingerprint density at radius 3 is 2.97 bits per heavy atom. The van der Waals surface area contributed by atoms with Crippen molar-refractivity contribution in [3.8, 4) is 11.3 Å². The minimum atomic E-state index is -3.02. The molecule has 2 aliphatic carbocycles. The van der Waals surface area contributed by atoms with Crippen LogP contribution in [0.4, 0.5) is 8.78 Å². The molecule has 0 aliphatic heterocycles. The molecule has 1 fully saturated rings. The standard InChI is InChI=1S/C22H23F2N5OS/c23-22(24)10-5-8-15(25)19(22)28-20(30)21-27-17(18(31-21)13-6-1-2-7-13)14-12-26-29-11-4-3-9-16(14)29/h3-4,6,9,11-12,15,19H,1-2,5,7-8,10,25H2,(H,28,30). The summed E-state index contributed by atoms with van der Waals surface area (Å²) in [4.78, 5) is 18.5. The number of nitrogens with two attached hydrogens (primary N) is 1. The smallest absolute Gasteiger partial charge is 0.280 e. The van der Waals surface area contributed by atoms with Gasteiger partial charge in [-0.1, -0.05) is 12.1 Å². The lowest BCUT2D eigenvalue weighted by Gasteiger charge is -2.36. The molecule has 1 saturated carbocycles. The highest BCUT2D eigenvalue weighted by atomic mass is 32.1. The van der Waals surface area contributed by atoms with Crippen molar-refractivity contribution in [2.45, 2.75) is 56.5 Å². The summed E-state index contributed by atoms with van der Waals surface area (Å²) in [5.41, 5.74) is 9.43. The fourth-order valence-electron chi connectivity index (χ4n) is 4.44. The minimum Gasteiger partial charge on any atom is -0.340 e. The summed E-state index contributed by atoms with van der Waals surface area (Å²) in [6, 6.07) is 3.59. The zero-order valence-electron chi connectivity index (χ0n) is 16.9. The predicted octanol–water partition coefficient (Wildman–Crippen LogP) is 4.27. The third kappa shape index (κ3) is 3.65. The first kappa shape index (κ1) is 20.3. The fourth-order valence-corrected chi connectivity index (χ4v) is 5.49.